The number of nitro benzene ring substituents is 1. The van der Waals surface area contributed by atoms with Crippen LogP contribution in [0, 0.1) is 24.0 Å². The lowest BCUT2D eigenvalue weighted by atomic mass is 10.1. The summed E-state index contributed by atoms with van der Waals surface area (Å²) in [6, 6.07) is 2.94. The van der Waals surface area contributed by atoms with Crippen molar-refractivity contribution in [2.45, 2.75) is 37.6 Å². The third-order valence-electron chi connectivity index (χ3n) is 3.73. The van der Waals surface area contributed by atoms with E-state index in [0.717, 1.165) is 6.42 Å². The molecule has 1 saturated heterocycles. The van der Waals surface area contributed by atoms with Crippen molar-refractivity contribution in [2.75, 3.05) is 13.1 Å². The molecule has 0 aromatic heterocycles. The van der Waals surface area contributed by atoms with Gasteiger partial charge in [0.15, 0.2) is 4.90 Å². The summed E-state index contributed by atoms with van der Waals surface area (Å²) < 4.78 is 26.9. The second-order valence-electron chi connectivity index (χ2n) is 5.40. The largest absolute Gasteiger partial charge is 0.327 e. The smallest absolute Gasteiger partial charge is 0.292 e. The molecule has 1 atom stereocenters. The zero-order valence-corrected chi connectivity index (χ0v) is 14.1. The fourth-order valence-corrected chi connectivity index (χ4v) is 4.61. The summed E-state index contributed by atoms with van der Waals surface area (Å²) in [5, 5.41) is 11.3. The summed E-state index contributed by atoms with van der Waals surface area (Å²) in [4.78, 5) is 10.5. The molecule has 1 aliphatic rings. The standard InChI is InChI=1S/C13H19N3O4S.ClH/c1-9-5-6-10(2)13(12(9)16(17)18)21(19,20)15-7-3-4-11(14)8-15;/h5-6,11H,3-4,7-8,14H2,1-2H3;1H. The maximum atomic E-state index is 12.8. The highest BCUT2D eigenvalue weighted by Gasteiger charge is 2.36. The number of sulfonamides is 1. The minimum absolute atomic E-state index is 0. The van der Waals surface area contributed by atoms with Crippen LogP contribution in [-0.4, -0.2) is 36.8 Å². The summed E-state index contributed by atoms with van der Waals surface area (Å²) >= 11 is 0. The molecule has 2 rings (SSSR count). The van der Waals surface area contributed by atoms with Gasteiger partial charge in [0, 0.05) is 24.7 Å². The van der Waals surface area contributed by atoms with E-state index in [2.05, 4.69) is 0 Å². The van der Waals surface area contributed by atoms with Gasteiger partial charge in [0.2, 0.25) is 10.0 Å². The van der Waals surface area contributed by atoms with Gasteiger partial charge >= 0.3 is 0 Å². The van der Waals surface area contributed by atoms with Gasteiger partial charge in [0.25, 0.3) is 5.69 Å². The number of benzene rings is 1. The maximum Gasteiger partial charge on any atom is 0.292 e. The van der Waals surface area contributed by atoms with Crippen molar-refractivity contribution in [3.63, 3.8) is 0 Å². The van der Waals surface area contributed by atoms with Gasteiger partial charge in [0.05, 0.1) is 4.92 Å². The van der Waals surface area contributed by atoms with Gasteiger partial charge in [0.1, 0.15) is 0 Å². The van der Waals surface area contributed by atoms with Crippen molar-refractivity contribution < 1.29 is 13.3 Å². The lowest BCUT2D eigenvalue weighted by Crippen LogP contribution is -2.45. The fourth-order valence-electron chi connectivity index (χ4n) is 2.64. The van der Waals surface area contributed by atoms with Crippen LogP contribution < -0.4 is 5.73 Å². The zero-order valence-electron chi connectivity index (χ0n) is 12.5. The summed E-state index contributed by atoms with van der Waals surface area (Å²) in [7, 11) is -3.91. The molecule has 1 aromatic rings. The van der Waals surface area contributed by atoms with Gasteiger partial charge in [-0.25, -0.2) is 8.42 Å². The van der Waals surface area contributed by atoms with E-state index in [9.17, 15) is 18.5 Å². The third kappa shape index (κ3) is 3.40. The highest BCUT2D eigenvalue weighted by molar-refractivity contribution is 7.89. The van der Waals surface area contributed by atoms with Crippen molar-refractivity contribution in [2.24, 2.45) is 5.73 Å². The molecule has 0 saturated carbocycles. The molecule has 1 fully saturated rings. The Hall–Kier alpha value is -1.22. The van der Waals surface area contributed by atoms with E-state index < -0.39 is 14.9 Å². The van der Waals surface area contributed by atoms with Gasteiger partial charge < -0.3 is 5.73 Å². The number of hydrogen-bond donors (Lipinski definition) is 1. The van der Waals surface area contributed by atoms with Crippen molar-refractivity contribution in [1.82, 2.24) is 4.31 Å². The molecule has 9 heteroatoms. The third-order valence-corrected chi connectivity index (χ3v) is 5.77. The SMILES string of the molecule is Cc1ccc(C)c(S(=O)(=O)N2CCCC(N)C2)c1[N+](=O)[O-].Cl. The Balaban J connectivity index is 0.00000242. The van der Waals surface area contributed by atoms with Crippen molar-refractivity contribution in [3.8, 4) is 0 Å². The van der Waals surface area contributed by atoms with E-state index in [-0.39, 0.29) is 35.6 Å². The van der Waals surface area contributed by atoms with Crippen LogP contribution in [0.3, 0.4) is 0 Å². The van der Waals surface area contributed by atoms with Gasteiger partial charge in [-0.3, -0.25) is 10.1 Å². The van der Waals surface area contributed by atoms with Gasteiger partial charge in [-0.05, 0) is 32.3 Å². The molecule has 2 N–H and O–H groups in total. The van der Waals surface area contributed by atoms with E-state index in [0.29, 0.717) is 24.1 Å². The van der Waals surface area contributed by atoms with Gasteiger partial charge in [-0.2, -0.15) is 4.31 Å². The predicted molar refractivity (Wildman–Crippen MR) is 85.8 cm³/mol. The van der Waals surface area contributed by atoms with Crippen LogP contribution in [0.2, 0.25) is 0 Å². The summed E-state index contributed by atoms with van der Waals surface area (Å²) in [5.41, 5.74) is 6.21. The Bertz CT molecular complexity index is 678. The predicted octanol–water partition coefficient (Wildman–Crippen LogP) is 1.75. The lowest BCUT2D eigenvalue weighted by molar-refractivity contribution is -0.388. The summed E-state index contributed by atoms with van der Waals surface area (Å²) in [6.45, 7) is 3.66. The quantitative estimate of drug-likeness (QED) is 0.660. The highest BCUT2D eigenvalue weighted by atomic mass is 35.5. The Morgan fingerprint density at radius 2 is 1.91 bits per heavy atom. The average Bonchev–Trinajstić information content (AvgIpc) is 2.40. The van der Waals surface area contributed by atoms with Crippen LogP contribution in [0.5, 0.6) is 0 Å². The molecular formula is C13H20ClN3O4S. The van der Waals surface area contributed by atoms with Crippen LogP contribution in [0.15, 0.2) is 17.0 Å². The Morgan fingerprint density at radius 1 is 1.32 bits per heavy atom. The molecule has 0 radical (unpaired) electrons. The molecule has 1 aromatic carbocycles. The molecule has 0 aliphatic carbocycles. The first-order chi connectivity index (χ1) is 9.75. The van der Waals surface area contributed by atoms with Crippen LogP contribution >= 0.6 is 12.4 Å². The summed E-state index contributed by atoms with van der Waals surface area (Å²) in [5.74, 6) is 0. The number of aryl methyl sites for hydroxylation is 2. The number of piperidine rings is 1. The van der Waals surface area contributed by atoms with Gasteiger partial charge in [-0.15, -0.1) is 12.4 Å². The molecule has 22 heavy (non-hydrogen) atoms. The minimum atomic E-state index is -3.91. The second kappa shape index (κ2) is 6.91. The number of hydrogen-bond acceptors (Lipinski definition) is 5. The monoisotopic (exact) mass is 349 g/mol. The van der Waals surface area contributed by atoms with E-state index in [4.69, 9.17) is 5.73 Å². The normalized spacial score (nSPS) is 19.5. The number of nitro groups is 1. The van der Waals surface area contributed by atoms with Crippen LogP contribution in [0.4, 0.5) is 5.69 Å². The lowest BCUT2D eigenvalue weighted by Gasteiger charge is -2.30. The highest BCUT2D eigenvalue weighted by Crippen LogP contribution is 2.33. The van der Waals surface area contributed by atoms with E-state index in [1.807, 2.05) is 0 Å². The van der Waals surface area contributed by atoms with Crippen LogP contribution in [-0.2, 0) is 10.0 Å². The molecule has 1 unspecified atom stereocenters. The molecule has 124 valence electrons. The minimum Gasteiger partial charge on any atom is -0.327 e. The van der Waals surface area contributed by atoms with E-state index in [1.165, 1.54) is 4.31 Å². The molecule has 0 amide bonds. The second-order valence-corrected chi connectivity index (χ2v) is 7.27. The molecule has 0 spiro atoms. The van der Waals surface area contributed by atoms with Crippen LogP contribution in [0.1, 0.15) is 24.0 Å². The first-order valence-corrected chi connectivity index (χ1v) is 8.19. The van der Waals surface area contributed by atoms with E-state index >= 15 is 0 Å². The topological polar surface area (TPSA) is 107 Å². The number of nitrogens with zero attached hydrogens (tertiary/aromatic N) is 2. The first-order valence-electron chi connectivity index (χ1n) is 6.75. The Labute approximate surface area is 136 Å². The first kappa shape index (κ1) is 18.8. The zero-order chi connectivity index (χ0) is 15.8. The van der Waals surface area contributed by atoms with Crippen molar-refractivity contribution in [3.05, 3.63) is 33.4 Å². The van der Waals surface area contributed by atoms with E-state index in [1.54, 1.807) is 26.0 Å². The summed E-state index contributed by atoms with van der Waals surface area (Å²) in [6.07, 6.45) is 1.43. The fraction of sp³-hybridized carbons (Fsp3) is 0.538. The number of halogens is 1. The number of nitrogens with two attached hydrogens (primary N) is 1. The Morgan fingerprint density at radius 3 is 2.45 bits per heavy atom. The Kier molecular flexibility index (Phi) is 5.91. The van der Waals surface area contributed by atoms with Crippen LogP contribution in [0.25, 0.3) is 0 Å². The number of rotatable bonds is 3. The maximum absolute atomic E-state index is 12.8. The molecular weight excluding hydrogens is 330 g/mol. The molecule has 7 nitrogen and oxygen atoms in total. The van der Waals surface area contributed by atoms with Crippen molar-refractivity contribution in [1.29, 1.82) is 0 Å². The van der Waals surface area contributed by atoms with Crippen molar-refractivity contribution >= 4 is 28.1 Å². The molecule has 1 aliphatic heterocycles. The molecule has 0 bridgehead atoms. The average molecular weight is 350 g/mol. The molecule has 1 heterocycles. The van der Waals surface area contributed by atoms with Gasteiger partial charge in [-0.1, -0.05) is 12.1 Å².